The molecule has 0 heterocycles. The zero-order chi connectivity index (χ0) is 21.2. The van der Waals surface area contributed by atoms with Gasteiger partial charge in [0.2, 0.25) is 0 Å². The van der Waals surface area contributed by atoms with E-state index < -0.39 is 0 Å². The standard InChI is InChI=1S/C26H42Cl2O/c1-2-3-4-5-6-7-8-9-10-11-12-13-14-15-16-17-18-19-26(29)23-20-21-24(27)25(28)22-23/h20-22H,2-19H2,1H3. The second-order valence-electron chi connectivity index (χ2n) is 8.46. The molecular formula is C26H42Cl2O. The first-order chi connectivity index (χ1) is 14.1. The minimum atomic E-state index is 0.171. The maximum atomic E-state index is 12.2. The molecule has 0 aliphatic carbocycles. The summed E-state index contributed by atoms with van der Waals surface area (Å²) in [5.74, 6) is 0.171. The van der Waals surface area contributed by atoms with E-state index in [0.29, 0.717) is 22.0 Å². The van der Waals surface area contributed by atoms with E-state index in [4.69, 9.17) is 23.2 Å². The number of ketones is 1. The summed E-state index contributed by atoms with van der Waals surface area (Å²) in [5.41, 5.74) is 0.677. The van der Waals surface area contributed by atoms with Crippen LogP contribution in [-0.2, 0) is 0 Å². The van der Waals surface area contributed by atoms with Crippen LogP contribution < -0.4 is 0 Å². The molecule has 1 rings (SSSR count). The minimum absolute atomic E-state index is 0.171. The highest BCUT2D eigenvalue weighted by Crippen LogP contribution is 2.23. The van der Waals surface area contributed by atoms with Crippen molar-refractivity contribution in [2.75, 3.05) is 0 Å². The lowest BCUT2D eigenvalue weighted by molar-refractivity contribution is 0.0979. The van der Waals surface area contributed by atoms with E-state index in [9.17, 15) is 4.79 Å². The maximum absolute atomic E-state index is 12.2. The minimum Gasteiger partial charge on any atom is -0.294 e. The summed E-state index contributed by atoms with van der Waals surface area (Å²) < 4.78 is 0. The first-order valence-electron chi connectivity index (χ1n) is 12.1. The van der Waals surface area contributed by atoms with Gasteiger partial charge in [-0.2, -0.15) is 0 Å². The SMILES string of the molecule is CCCCCCCCCCCCCCCCCCCC(=O)c1ccc(Cl)c(Cl)c1. The van der Waals surface area contributed by atoms with Crippen LogP contribution in [0.2, 0.25) is 10.0 Å². The fraction of sp³-hybridized carbons (Fsp3) is 0.731. The van der Waals surface area contributed by atoms with Gasteiger partial charge in [-0.15, -0.1) is 0 Å². The molecule has 0 unspecified atom stereocenters. The van der Waals surface area contributed by atoms with Crippen molar-refractivity contribution < 1.29 is 4.79 Å². The Morgan fingerprint density at radius 3 is 1.45 bits per heavy atom. The van der Waals surface area contributed by atoms with Crippen molar-refractivity contribution in [3.05, 3.63) is 33.8 Å². The third-order valence-corrected chi connectivity index (χ3v) is 6.49. The number of Topliss-reactive ketones (excluding diaryl/α,β-unsaturated/α-hetero) is 1. The number of unbranched alkanes of at least 4 members (excludes halogenated alkanes) is 16. The van der Waals surface area contributed by atoms with Crippen molar-refractivity contribution in [3.63, 3.8) is 0 Å². The number of hydrogen-bond donors (Lipinski definition) is 0. The number of carbonyl (C=O) groups excluding carboxylic acids is 1. The van der Waals surface area contributed by atoms with Crippen LogP contribution in [-0.4, -0.2) is 5.78 Å². The van der Waals surface area contributed by atoms with Gasteiger partial charge in [-0.25, -0.2) is 0 Å². The van der Waals surface area contributed by atoms with E-state index in [2.05, 4.69) is 6.92 Å². The Balaban J connectivity index is 1.83. The van der Waals surface area contributed by atoms with Gasteiger partial charge in [-0.05, 0) is 24.6 Å². The van der Waals surface area contributed by atoms with Gasteiger partial charge in [0.25, 0.3) is 0 Å². The molecule has 0 aliphatic rings. The summed E-state index contributed by atoms with van der Waals surface area (Å²) in [5, 5.41) is 0.959. The first kappa shape index (κ1) is 26.5. The molecule has 0 fully saturated rings. The number of benzene rings is 1. The Labute approximate surface area is 189 Å². The predicted molar refractivity (Wildman–Crippen MR) is 130 cm³/mol. The third kappa shape index (κ3) is 14.2. The van der Waals surface area contributed by atoms with Crippen LogP contribution in [0.4, 0.5) is 0 Å². The normalized spacial score (nSPS) is 11.1. The van der Waals surface area contributed by atoms with Gasteiger partial charge in [0.1, 0.15) is 0 Å². The quantitative estimate of drug-likeness (QED) is 0.154. The summed E-state index contributed by atoms with van der Waals surface area (Å²) in [6, 6.07) is 5.15. The van der Waals surface area contributed by atoms with Gasteiger partial charge < -0.3 is 0 Å². The van der Waals surface area contributed by atoms with E-state index in [0.717, 1.165) is 12.8 Å². The predicted octanol–water partition coefficient (Wildman–Crippen LogP) is 10.2. The fourth-order valence-electron chi connectivity index (χ4n) is 3.82. The zero-order valence-electron chi connectivity index (χ0n) is 18.6. The third-order valence-electron chi connectivity index (χ3n) is 5.75. The van der Waals surface area contributed by atoms with Crippen LogP contribution in [0.3, 0.4) is 0 Å². The summed E-state index contributed by atoms with van der Waals surface area (Å²) >= 11 is 11.9. The highest BCUT2D eigenvalue weighted by atomic mass is 35.5. The molecule has 1 aromatic rings. The van der Waals surface area contributed by atoms with Gasteiger partial charge in [0.05, 0.1) is 10.0 Å². The van der Waals surface area contributed by atoms with Crippen molar-refractivity contribution in [1.82, 2.24) is 0 Å². The van der Waals surface area contributed by atoms with Gasteiger partial charge in [0.15, 0.2) is 5.78 Å². The molecule has 0 radical (unpaired) electrons. The van der Waals surface area contributed by atoms with Gasteiger partial charge in [0, 0.05) is 12.0 Å². The van der Waals surface area contributed by atoms with Gasteiger partial charge in [-0.1, -0.05) is 133 Å². The Morgan fingerprint density at radius 1 is 0.621 bits per heavy atom. The van der Waals surface area contributed by atoms with Crippen molar-refractivity contribution >= 4 is 29.0 Å². The Morgan fingerprint density at radius 2 is 1.03 bits per heavy atom. The van der Waals surface area contributed by atoms with Crippen LogP contribution >= 0.6 is 23.2 Å². The summed E-state index contributed by atoms with van der Waals surface area (Å²) in [4.78, 5) is 12.2. The van der Waals surface area contributed by atoms with Crippen molar-refractivity contribution in [2.45, 2.75) is 122 Å². The molecule has 0 saturated heterocycles. The summed E-state index contributed by atoms with van der Waals surface area (Å²) in [6.45, 7) is 2.28. The molecule has 0 saturated carbocycles. The second-order valence-corrected chi connectivity index (χ2v) is 9.27. The largest absolute Gasteiger partial charge is 0.294 e. The molecule has 0 amide bonds. The first-order valence-corrected chi connectivity index (χ1v) is 12.9. The lowest BCUT2D eigenvalue weighted by Gasteiger charge is -2.04. The maximum Gasteiger partial charge on any atom is 0.162 e. The Bertz CT molecular complexity index is 542. The molecule has 0 spiro atoms. The summed E-state index contributed by atoms with van der Waals surface area (Å²) in [7, 11) is 0. The molecule has 0 aliphatic heterocycles. The zero-order valence-corrected chi connectivity index (χ0v) is 20.1. The number of hydrogen-bond acceptors (Lipinski definition) is 1. The van der Waals surface area contributed by atoms with E-state index in [-0.39, 0.29) is 5.78 Å². The number of carbonyl (C=O) groups is 1. The fourth-order valence-corrected chi connectivity index (χ4v) is 4.12. The second kappa shape index (κ2) is 18.3. The molecule has 0 bridgehead atoms. The average Bonchev–Trinajstić information content (AvgIpc) is 2.72. The van der Waals surface area contributed by atoms with Crippen molar-refractivity contribution in [3.8, 4) is 0 Å². The van der Waals surface area contributed by atoms with Crippen LogP contribution in [0, 0.1) is 0 Å². The molecule has 166 valence electrons. The lowest BCUT2D eigenvalue weighted by atomic mass is 10.0. The molecule has 1 nitrogen and oxygen atoms in total. The van der Waals surface area contributed by atoms with E-state index in [1.165, 1.54) is 96.3 Å². The lowest BCUT2D eigenvalue weighted by Crippen LogP contribution is -1.98. The smallest absolute Gasteiger partial charge is 0.162 e. The van der Waals surface area contributed by atoms with E-state index in [1.807, 2.05) is 0 Å². The van der Waals surface area contributed by atoms with E-state index in [1.54, 1.807) is 18.2 Å². The van der Waals surface area contributed by atoms with E-state index >= 15 is 0 Å². The van der Waals surface area contributed by atoms with Gasteiger partial charge >= 0.3 is 0 Å². The van der Waals surface area contributed by atoms with Crippen LogP contribution in [0.25, 0.3) is 0 Å². The molecule has 0 N–H and O–H groups in total. The molecule has 1 aromatic carbocycles. The van der Waals surface area contributed by atoms with Crippen LogP contribution in [0.15, 0.2) is 18.2 Å². The number of rotatable bonds is 19. The van der Waals surface area contributed by atoms with Crippen LogP contribution in [0.5, 0.6) is 0 Å². The topological polar surface area (TPSA) is 17.1 Å². The molecule has 29 heavy (non-hydrogen) atoms. The molecule has 0 aromatic heterocycles. The average molecular weight is 442 g/mol. The monoisotopic (exact) mass is 440 g/mol. The highest BCUT2D eigenvalue weighted by Gasteiger charge is 2.07. The van der Waals surface area contributed by atoms with Crippen molar-refractivity contribution in [2.24, 2.45) is 0 Å². The number of halogens is 2. The molecular weight excluding hydrogens is 399 g/mol. The summed E-state index contributed by atoms with van der Waals surface area (Å²) in [6.07, 6.45) is 23.6. The van der Waals surface area contributed by atoms with Crippen LogP contribution in [0.1, 0.15) is 133 Å². The Hall–Kier alpha value is -0.530. The molecule has 0 atom stereocenters. The molecule has 3 heteroatoms. The Kier molecular flexibility index (Phi) is 16.7. The van der Waals surface area contributed by atoms with Crippen molar-refractivity contribution in [1.29, 1.82) is 0 Å². The highest BCUT2D eigenvalue weighted by molar-refractivity contribution is 6.42. The van der Waals surface area contributed by atoms with Gasteiger partial charge in [-0.3, -0.25) is 4.79 Å².